The van der Waals surface area contributed by atoms with E-state index in [1.54, 1.807) is 12.1 Å². The van der Waals surface area contributed by atoms with Gasteiger partial charge in [0, 0.05) is 19.5 Å². The number of thioether (sulfide) groups is 1. The highest BCUT2D eigenvalue weighted by atomic mass is 32.2. The molecule has 0 radical (unpaired) electrons. The van der Waals surface area contributed by atoms with Crippen molar-refractivity contribution in [2.24, 2.45) is 38.7 Å². The number of carboxylic acids is 1. The number of nitrogens with two attached hydrogens (primary N) is 5. The van der Waals surface area contributed by atoms with Gasteiger partial charge in [-0.2, -0.15) is 11.8 Å². The van der Waals surface area contributed by atoms with Gasteiger partial charge in [0.05, 0.1) is 6.04 Å². The zero-order chi connectivity index (χ0) is 32.4. The number of rotatable bonds is 20. The summed E-state index contributed by atoms with van der Waals surface area (Å²) in [6, 6.07) is 1.51. The fourth-order valence-electron chi connectivity index (χ4n) is 3.82. The standard InChI is InChI=1S/C26H44N10O6S/c1-43-13-10-19(24(41)42)35-23(40)20(14-15-6-8-16(37)9-7-15)36-22(39)18(5-3-12-33-26(30)31)34-21(38)17(27)4-2-11-32-25(28)29/h6-9,17-20,37H,2-5,10-14,27H2,1H3,(H,34,38)(H,35,40)(H,36,39)(H,41,42)(H4,28,29,32)(H4,30,31,33). The minimum Gasteiger partial charge on any atom is -0.508 e. The van der Waals surface area contributed by atoms with Crippen LogP contribution in [-0.2, 0) is 25.6 Å². The van der Waals surface area contributed by atoms with Crippen molar-refractivity contribution in [2.75, 3.05) is 25.1 Å². The number of phenolic OH excluding ortho intramolecular Hbond substituents is 1. The predicted molar refractivity (Wildman–Crippen MR) is 166 cm³/mol. The van der Waals surface area contributed by atoms with Crippen molar-refractivity contribution in [3.8, 4) is 5.75 Å². The number of aromatic hydroxyl groups is 1. The second-order valence-corrected chi connectivity index (χ2v) is 10.7. The van der Waals surface area contributed by atoms with Gasteiger partial charge >= 0.3 is 5.97 Å². The molecular formula is C26H44N10O6S. The van der Waals surface area contributed by atoms with Crippen molar-refractivity contribution in [3.05, 3.63) is 29.8 Å². The first-order valence-electron chi connectivity index (χ1n) is 13.6. The highest BCUT2D eigenvalue weighted by Crippen LogP contribution is 2.13. The molecule has 0 saturated heterocycles. The lowest BCUT2D eigenvalue weighted by Gasteiger charge is -2.25. The number of carbonyl (C=O) groups is 4. The van der Waals surface area contributed by atoms with Crippen LogP contribution in [0.1, 0.15) is 37.7 Å². The molecule has 0 bridgehead atoms. The summed E-state index contributed by atoms with van der Waals surface area (Å²) in [5, 5.41) is 27.0. The molecule has 1 aromatic carbocycles. The van der Waals surface area contributed by atoms with Gasteiger partial charge in [0.25, 0.3) is 0 Å². The maximum absolute atomic E-state index is 13.5. The van der Waals surface area contributed by atoms with Crippen LogP contribution in [0.15, 0.2) is 34.3 Å². The second kappa shape index (κ2) is 19.8. The molecule has 0 aliphatic heterocycles. The van der Waals surface area contributed by atoms with Crippen molar-refractivity contribution in [2.45, 2.75) is 62.7 Å². The van der Waals surface area contributed by atoms with Crippen LogP contribution in [0.25, 0.3) is 0 Å². The van der Waals surface area contributed by atoms with Crippen LogP contribution in [0, 0.1) is 0 Å². The van der Waals surface area contributed by atoms with E-state index in [-0.39, 0.29) is 56.4 Å². The van der Waals surface area contributed by atoms with E-state index in [0.717, 1.165) is 0 Å². The van der Waals surface area contributed by atoms with Crippen LogP contribution in [-0.4, -0.2) is 95.1 Å². The predicted octanol–water partition coefficient (Wildman–Crippen LogP) is -2.34. The summed E-state index contributed by atoms with van der Waals surface area (Å²) in [6.07, 6.45) is 3.03. The number of guanidine groups is 2. The Balaban J connectivity index is 3.14. The van der Waals surface area contributed by atoms with E-state index >= 15 is 0 Å². The van der Waals surface area contributed by atoms with Crippen LogP contribution in [0.2, 0.25) is 0 Å². The van der Waals surface area contributed by atoms with E-state index in [2.05, 4.69) is 25.9 Å². The summed E-state index contributed by atoms with van der Waals surface area (Å²) in [7, 11) is 0. The summed E-state index contributed by atoms with van der Waals surface area (Å²) < 4.78 is 0. The van der Waals surface area contributed by atoms with Crippen molar-refractivity contribution in [3.63, 3.8) is 0 Å². The third-order valence-corrected chi connectivity index (χ3v) is 6.76. The number of benzene rings is 1. The average molecular weight is 625 g/mol. The lowest BCUT2D eigenvalue weighted by Crippen LogP contribution is -2.57. The van der Waals surface area contributed by atoms with Gasteiger partial charge < -0.3 is 54.8 Å². The molecule has 0 aliphatic rings. The number of carboxylic acid groups (broad SMARTS) is 1. The van der Waals surface area contributed by atoms with Gasteiger partial charge in [0.15, 0.2) is 11.9 Å². The summed E-state index contributed by atoms with van der Waals surface area (Å²) >= 11 is 1.43. The number of aliphatic imine (C=N–C) groups is 2. The number of hydrogen-bond donors (Lipinski definition) is 10. The summed E-state index contributed by atoms with van der Waals surface area (Å²) in [5.41, 5.74) is 28.0. The minimum atomic E-state index is -1.21. The summed E-state index contributed by atoms with van der Waals surface area (Å²) in [6.45, 7) is 0.452. The van der Waals surface area contributed by atoms with Crippen molar-refractivity contribution < 1.29 is 29.4 Å². The quantitative estimate of drug-likeness (QED) is 0.0415. The van der Waals surface area contributed by atoms with Crippen molar-refractivity contribution in [1.29, 1.82) is 0 Å². The molecule has 4 unspecified atom stereocenters. The van der Waals surface area contributed by atoms with Gasteiger partial charge in [-0.25, -0.2) is 4.79 Å². The smallest absolute Gasteiger partial charge is 0.326 e. The SMILES string of the molecule is CSCCC(NC(=O)C(Cc1ccc(O)cc1)NC(=O)C(CCCN=C(N)N)NC(=O)C(N)CCCN=C(N)N)C(=O)O. The third-order valence-electron chi connectivity index (χ3n) is 6.12. The zero-order valence-corrected chi connectivity index (χ0v) is 25.0. The van der Waals surface area contributed by atoms with Gasteiger partial charge in [-0.15, -0.1) is 0 Å². The normalized spacial score (nSPS) is 13.4. The lowest BCUT2D eigenvalue weighted by molar-refractivity contribution is -0.142. The Hall–Kier alpha value is -4.25. The molecule has 4 atom stereocenters. The Morgan fingerprint density at radius 3 is 1.84 bits per heavy atom. The van der Waals surface area contributed by atoms with Gasteiger partial charge in [-0.1, -0.05) is 12.1 Å². The first-order chi connectivity index (χ1) is 20.3. The monoisotopic (exact) mass is 624 g/mol. The maximum Gasteiger partial charge on any atom is 0.326 e. The summed E-state index contributed by atoms with van der Waals surface area (Å²) in [5.74, 6) is -2.95. The Kier molecular flexibility index (Phi) is 16.9. The Morgan fingerprint density at radius 1 is 0.791 bits per heavy atom. The number of aliphatic carboxylic acids is 1. The fourth-order valence-corrected chi connectivity index (χ4v) is 4.29. The highest BCUT2D eigenvalue weighted by Gasteiger charge is 2.30. The molecule has 1 aromatic rings. The van der Waals surface area contributed by atoms with Crippen LogP contribution >= 0.6 is 11.8 Å². The Morgan fingerprint density at radius 2 is 1.30 bits per heavy atom. The van der Waals surface area contributed by atoms with Crippen molar-refractivity contribution in [1.82, 2.24) is 16.0 Å². The molecule has 15 N–H and O–H groups in total. The summed E-state index contributed by atoms with van der Waals surface area (Å²) in [4.78, 5) is 59.1. The first kappa shape index (κ1) is 36.8. The van der Waals surface area contributed by atoms with E-state index in [9.17, 15) is 29.4 Å². The van der Waals surface area contributed by atoms with E-state index < -0.39 is 47.9 Å². The van der Waals surface area contributed by atoms with E-state index in [0.29, 0.717) is 24.2 Å². The first-order valence-corrected chi connectivity index (χ1v) is 15.0. The van der Waals surface area contributed by atoms with Gasteiger partial charge in [-0.05, 0) is 61.8 Å². The molecule has 43 heavy (non-hydrogen) atoms. The van der Waals surface area contributed by atoms with Crippen molar-refractivity contribution >= 4 is 47.4 Å². The average Bonchev–Trinajstić information content (AvgIpc) is 2.94. The number of nitrogens with one attached hydrogen (secondary N) is 3. The van der Waals surface area contributed by atoms with E-state index in [1.807, 2.05) is 6.26 Å². The Labute approximate surface area is 254 Å². The zero-order valence-electron chi connectivity index (χ0n) is 24.2. The van der Waals surface area contributed by atoms with Gasteiger partial charge in [-0.3, -0.25) is 24.4 Å². The molecular weight excluding hydrogens is 580 g/mol. The molecule has 0 heterocycles. The van der Waals surface area contributed by atoms with E-state index in [1.165, 1.54) is 23.9 Å². The number of hydrogen-bond acceptors (Lipinski definition) is 9. The third kappa shape index (κ3) is 15.5. The number of carbonyl (C=O) groups excluding carboxylic acids is 3. The molecule has 240 valence electrons. The lowest BCUT2D eigenvalue weighted by atomic mass is 10.0. The molecule has 0 fully saturated rings. The van der Waals surface area contributed by atoms with Crippen LogP contribution in [0.3, 0.4) is 0 Å². The van der Waals surface area contributed by atoms with Crippen LogP contribution in [0.5, 0.6) is 5.75 Å². The van der Waals surface area contributed by atoms with Crippen LogP contribution < -0.4 is 44.6 Å². The maximum atomic E-state index is 13.5. The topological polar surface area (TPSA) is 300 Å². The fraction of sp³-hybridized carbons (Fsp3) is 0.538. The van der Waals surface area contributed by atoms with E-state index in [4.69, 9.17) is 28.7 Å². The molecule has 0 saturated carbocycles. The number of phenols is 1. The second-order valence-electron chi connectivity index (χ2n) is 9.68. The number of nitrogens with zero attached hydrogens (tertiary/aromatic N) is 2. The molecule has 17 heteroatoms. The van der Waals surface area contributed by atoms with Gasteiger partial charge in [0.1, 0.15) is 23.9 Å². The molecule has 3 amide bonds. The van der Waals surface area contributed by atoms with Gasteiger partial charge in [0.2, 0.25) is 17.7 Å². The molecule has 0 aliphatic carbocycles. The molecule has 1 rings (SSSR count). The number of amides is 3. The highest BCUT2D eigenvalue weighted by molar-refractivity contribution is 7.98. The molecule has 16 nitrogen and oxygen atoms in total. The van der Waals surface area contributed by atoms with Crippen LogP contribution in [0.4, 0.5) is 0 Å². The molecule has 0 aromatic heterocycles. The largest absolute Gasteiger partial charge is 0.508 e. The Bertz CT molecular complexity index is 1110. The minimum absolute atomic E-state index is 0.00924. The molecule has 0 spiro atoms.